The molecule has 5 heteroatoms. The van der Waals surface area contributed by atoms with Crippen LogP contribution in [0.2, 0.25) is 0 Å². The molecule has 1 aliphatic rings. The van der Waals surface area contributed by atoms with E-state index >= 15 is 0 Å². The molecule has 0 radical (unpaired) electrons. The number of amides is 1. The lowest BCUT2D eigenvalue weighted by atomic mass is 10.0. The maximum Gasteiger partial charge on any atom is 0.222 e. The molecule has 1 rings (SSSR count). The summed E-state index contributed by atoms with van der Waals surface area (Å²) in [5.41, 5.74) is 0. The second-order valence-electron chi connectivity index (χ2n) is 4.78. The van der Waals surface area contributed by atoms with Crippen LogP contribution < -0.4 is 5.32 Å². The molecule has 2 unspecified atom stereocenters. The van der Waals surface area contributed by atoms with Crippen LogP contribution in [0.3, 0.4) is 0 Å². The number of hydrogen-bond acceptors (Lipinski definition) is 4. The molecule has 1 fully saturated rings. The topological polar surface area (TPSA) is 61.8 Å². The molecule has 1 aliphatic heterocycles. The van der Waals surface area contributed by atoms with Gasteiger partial charge in [0.25, 0.3) is 0 Å². The van der Waals surface area contributed by atoms with Gasteiger partial charge in [-0.15, -0.1) is 0 Å². The lowest BCUT2D eigenvalue weighted by Crippen LogP contribution is -2.36. The summed E-state index contributed by atoms with van der Waals surface area (Å²) in [4.78, 5) is 13.4. The van der Waals surface area contributed by atoms with E-state index < -0.39 is 6.10 Å². The maximum atomic E-state index is 11.8. The predicted octanol–water partition coefficient (Wildman–Crippen LogP) is -0.158. The summed E-state index contributed by atoms with van der Waals surface area (Å²) in [6.45, 7) is 2.71. The SMILES string of the molecule is COCC(O)CN(C)C(=O)CCC1CCNC1. The Morgan fingerprint density at radius 1 is 1.65 bits per heavy atom. The summed E-state index contributed by atoms with van der Waals surface area (Å²) in [5, 5.41) is 12.8. The van der Waals surface area contributed by atoms with E-state index in [0.29, 0.717) is 18.9 Å². The van der Waals surface area contributed by atoms with Gasteiger partial charge in [-0.05, 0) is 31.8 Å². The van der Waals surface area contributed by atoms with E-state index in [9.17, 15) is 9.90 Å². The third kappa shape index (κ3) is 5.48. The molecular formula is C12H24N2O3. The van der Waals surface area contributed by atoms with E-state index in [-0.39, 0.29) is 12.5 Å². The monoisotopic (exact) mass is 244 g/mol. The first-order valence-corrected chi connectivity index (χ1v) is 6.25. The summed E-state index contributed by atoms with van der Waals surface area (Å²) in [6.07, 6.45) is 2.09. The lowest BCUT2D eigenvalue weighted by Gasteiger charge is -2.21. The van der Waals surface area contributed by atoms with E-state index in [2.05, 4.69) is 5.32 Å². The zero-order valence-corrected chi connectivity index (χ0v) is 10.8. The first-order chi connectivity index (χ1) is 8.13. The van der Waals surface area contributed by atoms with Gasteiger partial charge in [-0.25, -0.2) is 0 Å². The number of ether oxygens (including phenoxy) is 1. The molecule has 0 aromatic carbocycles. The van der Waals surface area contributed by atoms with Crippen molar-refractivity contribution in [1.82, 2.24) is 10.2 Å². The van der Waals surface area contributed by atoms with E-state index in [1.54, 1.807) is 11.9 Å². The third-order valence-corrected chi connectivity index (χ3v) is 3.20. The Morgan fingerprint density at radius 3 is 3.00 bits per heavy atom. The second kappa shape index (κ2) is 7.63. The van der Waals surface area contributed by atoms with Gasteiger partial charge >= 0.3 is 0 Å². The normalized spacial score (nSPS) is 21.5. The Labute approximate surface area is 103 Å². The number of aliphatic hydroxyl groups excluding tert-OH is 1. The number of carbonyl (C=O) groups excluding carboxylic acids is 1. The van der Waals surface area contributed by atoms with Crippen LogP contribution in [0.1, 0.15) is 19.3 Å². The van der Waals surface area contributed by atoms with Gasteiger partial charge in [0.2, 0.25) is 5.91 Å². The second-order valence-corrected chi connectivity index (χ2v) is 4.78. The van der Waals surface area contributed by atoms with Crippen LogP contribution in [-0.2, 0) is 9.53 Å². The van der Waals surface area contributed by atoms with Crippen molar-refractivity contribution in [1.29, 1.82) is 0 Å². The lowest BCUT2D eigenvalue weighted by molar-refractivity contribution is -0.131. The van der Waals surface area contributed by atoms with Gasteiger partial charge in [0.05, 0.1) is 12.7 Å². The van der Waals surface area contributed by atoms with E-state index in [1.807, 2.05) is 0 Å². The minimum Gasteiger partial charge on any atom is -0.389 e. The van der Waals surface area contributed by atoms with Crippen molar-refractivity contribution in [2.75, 3.05) is 40.4 Å². The Morgan fingerprint density at radius 2 is 2.41 bits per heavy atom. The predicted molar refractivity (Wildman–Crippen MR) is 65.7 cm³/mol. The average molecular weight is 244 g/mol. The highest BCUT2D eigenvalue weighted by Crippen LogP contribution is 2.14. The van der Waals surface area contributed by atoms with Crippen LogP contribution in [0.5, 0.6) is 0 Å². The fourth-order valence-corrected chi connectivity index (χ4v) is 2.14. The van der Waals surface area contributed by atoms with Crippen molar-refractivity contribution in [2.45, 2.75) is 25.4 Å². The van der Waals surface area contributed by atoms with Crippen molar-refractivity contribution in [2.24, 2.45) is 5.92 Å². The number of aliphatic hydroxyl groups is 1. The summed E-state index contributed by atoms with van der Waals surface area (Å²) in [7, 11) is 3.27. The molecule has 1 heterocycles. The first kappa shape index (κ1) is 14.4. The number of methoxy groups -OCH3 is 1. The van der Waals surface area contributed by atoms with Crippen LogP contribution in [0.15, 0.2) is 0 Å². The van der Waals surface area contributed by atoms with Gasteiger partial charge in [-0.2, -0.15) is 0 Å². The van der Waals surface area contributed by atoms with Crippen molar-refractivity contribution in [3.05, 3.63) is 0 Å². The number of carbonyl (C=O) groups is 1. The smallest absolute Gasteiger partial charge is 0.222 e. The van der Waals surface area contributed by atoms with Crippen LogP contribution in [0.25, 0.3) is 0 Å². The standard InChI is InChI=1S/C12H24N2O3/c1-14(8-11(15)9-17-2)12(16)4-3-10-5-6-13-7-10/h10-11,13,15H,3-9H2,1-2H3. The van der Waals surface area contributed by atoms with Crippen LogP contribution in [0, 0.1) is 5.92 Å². The molecule has 2 atom stereocenters. The molecule has 0 aliphatic carbocycles. The van der Waals surface area contributed by atoms with Crippen molar-refractivity contribution in [3.8, 4) is 0 Å². The maximum absolute atomic E-state index is 11.8. The van der Waals surface area contributed by atoms with E-state index in [0.717, 1.165) is 19.5 Å². The van der Waals surface area contributed by atoms with Gasteiger partial charge in [-0.1, -0.05) is 0 Å². The molecule has 100 valence electrons. The van der Waals surface area contributed by atoms with Crippen molar-refractivity contribution < 1.29 is 14.6 Å². The zero-order chi connectivity index (χ0) is 12.7. The molecule has 0 aromatic heterocycles. The molecule has 0 aromatic rings. The molecule has 0 saturated carbocycles. The highest BCUT2D eigenvalue weighted by Gasteiger charge is 2.18. The molecule has 5 nitrogen and oxygen atoms in total. The number of hydrogen-bond donors (Lipinski definition) is 2. The summed E-state index contributed by atoms with van der Waals surface area (Å²) in [6, 6.07) is 0. The molecular weight excluding hydrogens is 220 g/mol. The average Bonchev–Trinajstić information content (AvgIpc) is 2.78. The number of nitrogens with zero attached hydrogens (tertiary/aromatic N) is 1. The van der Waals surface area contributed by atoms with Gasteiger partial charge in [-0.3, -0.25) is 4.79 Å². The Hall–Kier alpha value is -0.650. The minimum atomic E-state index is -0.595. The van der Waals surface area contributed by atoms with Crippen LogP contribution >= 0.6 is 0 Å². The van der Waals surface area contributed by atoms with Crippen molar-refractivity contribution >= 4 is 5.91 Å². The highest BCUT2D eigenvalue weighted by atomic mass is 16.5. The summed E-state index contributed by atoms with van der Waals surface area (Å²) in [5.74, 6) is 0.739. The van der Waals surface area contributed by atoms with E-state index in [1.165, 1.54) is 13.5 Å². The van der Waals surface area contributed by atoms with Crippen molar-refractivity contribution in [3.63, 3.8) is 0 Å². The fourth-order valence-electron chi connectivity index (χ4n) is 2.14. The Balaban J connectivity index is 2.16. The molecule has 1 saturated heterocycles. The zero-order valence-electron chi connectivity index (χ0n) is 10.8. The highest BCUT2D eigenvalue weighted by molar-refractivity contribution is 5.75. The number of likely N-dealkylation sites (N-methyl/N-ethyl adjacent to an activating group) is 1. The molecule has 0 spiro atoms. The number of nitrogens with one attached hydrogen (secondary N) is 1. The Bertz CT molecular complexity index is 230. The first-order valence-electron chi connectivity index (χ1n) is 6.25. The number of rotatable bonds is 7. The van der Waals surface area contributed by atoms with Crippen LogP contribution in [-0.4, -0.2) is 62.4 Å². The fraction of sp³-hybridized carbons (Fsp3) is 0.917. The molecule has 17 heavy (non-hydrogen) atoms. The molecule has 0 bridgehead atoms. The third-order valence-electron chi connectivity index (χ3n) is 3.20. The summed E-state index contributed by atoms with van der Waals surface area (Å²) < 4.78 is 4.83. The Kier molecular flexibility index (Phi) is 6.47. The minimum absolute atomic E-state index is 0.104. The summed E-state index contributed by atoms with van der Waals surface area (Å²) >= 11 is 0. The van der Waals surface area contributed by atoms with Crippen LogP contribution in [0.4, 0.5) is 0 Å². The quantitative estimate of drug-likeness (QED) is 0.653. The van der Waals surface area contributed by atoms with Gasteiger partial charge in [0, 0.05) is 27.1 Å². The van der Waals surface area contributed by atoms with E-state index in [4.69, 9.17) is 4.74 Å². The largest absolute Gasteiger partial charge is 0.389 e. The molecule has 2 N–H and O–H groups in total. The van der Waals surface area contributed by atoms with Gasteiger partial charge < -0.3 is 20.1 Å². The van der Waals surface area contributed by atoms with Gasteiger partial charge in [0.1, 0.15) is 0 Å². The molecule has 1 amide bonds. The van der Waals surface area contributed by atoms with Gasteiger partial charge in [0.15, 0.2) is 0 Å².